The molecule has 21 heavy (non-hydrogen) atoms. The van der Waals surface area contributed by atoms with E-state index < -0.39 is 0 Å². The van der Waals surface area contributed by atoms with Gasteiger partial charge in [-0.05, 0) is 42.6 Å². The van der Waals surface area contributed by atoms with Gasteiger partial charge < -0.3 is 5.32 Å². The van der Waals surface area contributed by atoms with Gasteiger partial charge in [0.2, 0.25) is 0 Å². The van der Waals surface area contributed by atoms with Crippen LogP contribution in [0.3, 0.4) is 0 Å². The van der Waals surface area contributed by atoms with E-state index in [-0.39, 0.29) is 6.04 Å². The fraction of sp³-hybridized carbons (Fsp3) is 0.235. The van der Waals surface area contributed by atoms with Gasteiger partial charge in [-0.3, -0.25) is 0 Å². The Labute approximate surface area is 129 Å². The van der Waals surface area contributed by atoms with E-state index in [1.165, 1.54) is 16.0 Å². The third-order valence-corrected chi connectivity index (χ3v) is 4.33. The van der Waals surface area contributed by atoms with Crippen molar-refractivity contribution in [1.29, 1.82) is 0 Å². The van der Waals surface area contributed by atoms with Crippen LogP contribution in [0.25, 0.3) is 5.69 Å². The fourth-order valence-electron chi connectivity index (χ4n) is 2.46. The van der Waals surface area contributed by atoms with Crippen molar-refractivity contribution in [2.45, 2.75) is 19.9 Å². The smallest absolute Gasteiger partial charge is 0.0645 e. The van der Waals surface area contributed by atoms with Crippen molar-refractivity contribution >= 4 is 11.3 Å². The Hall–Kier alpha value is -1.91. The third-order valence-electron chi connectivity index (χ3n) is 3.45. The summed E-state index contributed by atoms with van der Waals surface area (Å²) < 4.78 is 1.93. The molecule has 0 aliphatic carbocycles. The number of rotatable bonds is 5. The summed E-state index contributed by atoms with van der Waals surface area (Å²) in [5.41, 5.74) is 3.59. The zero-order chi connectivity index (χ0) is 14.7. The van der Waals surface area contributed by atoms with Gasteiger partial charge in [-0.1, -0.05) is 25.1 Å². The lowest BCUT2D eigenvalue weighted by Gasteiger charge is -2.14. The van der Waals surface area contributed by atoms with E-state index in [1.54, 1.807) is 11.3 Å². The van der Waals surface area contributed by atoms with E-state index in [9.17, 15) is 0 Å². The number of aryl methyl sites for hydroxylation is 1. The number of para-hydroxylation sites is 1. The molecule has 1 aromatic carbocycles. The van der Waals surface area contributed by atoms with Gasteiger partial charge in [-0.25, -0.2) is 4.68 Å². The van der Waals surface area contributed by atoms with Gasteiger partial charge in [0.05, 0.1) is 17.9 Å². The highest BCUT2D eigenvalue weighted by Crippen LogP contribution is 2.26. The minimum absolute atomic E-state index is 0.206. The van der Waals surface area contributed by atoms with Crippen LogP contribution in [-0.2, 0) is 0 Å². The quantitative estimate of drug-likeness (QED) is 0.773. The third kappa shape index (κ3) is 3.06. The molecule has 2 heterocycles. The number of nitrogens with zero attached hydrogens (tertiary/aromatic N) is 2. The molecule has 0 amide bonds. The highest BCUT2D eigenvalue weighted by Gasteiger charge is 2.16. The predicted octanol–water partition coefficient (Wildman–Crippen LogP) is 3.94. The van der Waals surface area contributed by atoms with Gasteiger partial charge in [-0.2, -0.15) is 5.10 Å². The molecule has 4 heteroatoms. The molecule has 1 N–H and O–H groups in total. The first-order valence-electron chi connectivity index (χ1n) is 7.16. The summed E-state index contributed by atoms with van der Waals surface area (Å²) in [6.07, 6.45) is 4.06. The molecule has 2 aromatic heterocycles. The predicted molar refractivity (Wildman–Crippen MR) is 88.1 cm³/mol. The Morgan fingerprint density at radius 3 is 2.71 bits per heavy atom. The maximum absolute atomic E-state index is 4.50. The average molecular weight is 297 g/mol. The van der Waals surface area contributed by atoms with Crippen molar-refractivity contribution in [1.82, 2.24) is 15.1 Å². The highest BCUT2D eigenvalue weighted by atomic mass is 32.1. The van der Waals surface area contributed by atoms with Crippen LogP contribution in [0.4, 0.5) is 0 Å². The number of hydrogen-bond donors (Lipinski definition) is 1. The van der Waals surface area contributed by atoms with E-state index in [4.69, 9.17) is 0 Å². The molecule has 108 valence electrons. The molecule has 1 unspecified atom stereocenters. The van der Waals surface area contributed by atoms with Gasteiger partial charge in [0, 0.05) is 16.6 Å². The van der Waals surface area contributed by atoms with Crippen molar-refractivity contribution in [3.63, 3.8) is 0 Å². The maximum atomic E-state index is 4.50. The number of thiophene rings is 1. The highest BCUT2D eigenvalue weighted by molar-refractivity contribution is 7.10. The molecule has 3 rings (SSSR count). The Balaban J connectivity index is 1.92. The van der Waals surface area contributed by atoms with Crippen LogP contribution in [0, 0.1) is 6.92 Å². The summed E-state index contributed by atoms with van der Waals surface area (Å²) in [5.74, 6) is 0. The van der Waals surface area contributed by atoms with Crippen molar-refractivity contribution in [3.8, 4) is 5.69 Å². The lowest BCUT2D eigenvalue weighted by molar-refractivity contribution is 0.632. The average Bonchev–Trinajstić information content (AvgIpc) is 3.15. The molecule has 0 radical (unpaired) electrons. The monoisotopic (exact) mass is 297 g/mol. The second-order valence-corrected chi connectivity index (χ2v) is 6.15. The van der Waals surface area contributed by atoms with Crippen LogP contribution >= 0.6 is 11.3 Å². The molecule has 0 fully saturated rings. The van der Waals surface area contributed by atoms with E-state index in [1.807, 2.05) is 29.1 Å². The summed E-state index contributed by atoms with van der Waals surface area (Å²) >= 11 is 1.79. The summed E-state index contributed by atoms with van der Waals surface area (Å²) in [5, 5.41) is 10.3. The first kappa shape index (κ1) is 14.0. The van der Waals surface area contributed by atoms with E-state index in [0.717, 1.165) is 12.2 Å². The Morgan fingerprint density at radius 2 is 2.05 bits per heavy atom. The normalized spacial score (nSPS) is 12.5. The summed E-state index contributed by atoms with van der Waals surface area (Å²) in [7, 11) is 0. The zero-order valence-corrected chi connectivity index (χ0v) is 13.1. The van der Waals surface area contributed by atoms with Crippen LogP contribution in [0.2, 0.25) is 0 Å². The molecular formula is C17H19N3S. The molecular weight excluding hydrogens is 278 g/mol. The first-order chi connectivity index (χ1) is 10.3. The summed E-state index contributed by atoms with van der Waals surface area (Å²) in [6.45, 7) is 5.20. The van der Waals surface area contributed by atoms with Crippen LogP contribution in [0.5, 0.6) is 0 Å². The van der Waals surface area contributed by atoms with E-state index in [0.29, 0.717) is 0 Å². The van der Waals surface area contributed by atoms with Crippen LogP contribution in [0.15, 0.2) is 54.2 Å². The van der Waals surface area contributed by atoms with Crippen molar-refractivity contribution in [2.75, 3.05) is 6.54 Å². The van der Waals surface area contributed by atoms with Gasteiger partial charge in [0.25, 0.3) is 0 Å². The molecule has 0 saturated heterocycles. The lowest BCUT2D eigenvalue weighted by Crippen LogP contribution is -2.21. The van der Waals surface area contributed by atoms with Crippen LogP contribution in [-0.4, -0.2) is 16.3 Å². The molecule has 3 aromatic rings. The molecule has 0 aliphatic rings. The largest absolute Gasteiger partial charge is 0.306 e. The van der Waals surface area contributed by atoms with Crippen molar-refractivity contribution in [2.24, 2.45) is 0 Å². The number of benzene rings is 1. The molecule has 0 saturated carbocycles. The Bertz CT molecular complexity index is 700. The van der Waals surface area contributed by atoms with E-state index >= 15 is 0 Å². The maximum Gasteiger partial charge on any atom is 0.0645 e. The molecule has 1 atom stereocenters. The Morgan fingerprint density at radius 1 is 1.24 bits per heavy atom. The minimum Gasteiger partial charge on any atom is -0.306 e. The van der Waals surface area contributed by atoms with E-state index in [2.05, 4.69) is 54.0 Å². The second-order valence-electron chi connectivity index (χ2n) is 5.04. The second kappa shape index (κ2) is 6.24. The summed E-state index contributed by atoms with van der Waals surface area (Å²) in [6, 6.07) is 12.7. The standard InChI is InChI=1S/C17H19N3S/c1-3-18-17(14-9-13(2)21-12-14)15-10-19-20(11-15)16-7-5-4-6-8-16/h4-12,17-18H,3H2,1-2H3. The lowest BCUT2D eigenvalue weighted by atomic mass is 10.0. The first-order valence-corrected chi connectivity index (χ1v) is 8.04. The molecule has 3 nitrogen and oxygen atoms in total. The van der Waals surface area contributed by atoms with Crippen molar-refractivity contribution in [3.05, 3.63) is 70.2 Å². The topological polar surface area (TPSA) is 29.9 Å². The summed E-state index contributed by atoms with van der Waals surface area (Å²) in [4.78, 5) is 1.34. The van der Waals surface area contributed by atoms with Gasteiger partial charge in [0.1, 0.15) is 0 Å². The Kier molecular flexibility index (Phi) is 4.18. The molecule has 0 bridgehead atoms. The van der Waals surface area contributed by atoms with Crippen LogP contribution in [0.1, 0.15) is 29.0 Å². The zero-order valence-electron chi connectivity index (χ0n) is 12.3. The minimum atomic E-state index is 0.206. The van der Waals surface area contributed by atoms with Gasteiger partial charge in [0.15, 0.2) is 0 Å². The molecule has 0 aliphatic heterocycles. The van der Waals surface area contributed by atoms with Gasteiger partial charge >= 0.3 is 0 Å². The number of nitrogens with one attached hydrogen (secondary N) is 1. The number of aromatic nitrogens is 2. The SMILES string of the molecule is CCNC(c1csc(C)c1)c1cnn(-c2ccccc2)c1. The van der Waals surface area contributed by atoms with Crippen molar-refractivity contribution < 1.29 is 0 Å². The number of hydrogen-bond acceptors (Lipinski definition) is 3. The fourth-order valence-corrected chi connectivity index (χ4v) is 3.19. The van der Waals surface area contributed by atoms with Crippen LogP contribution < -0.4 is 5.32 Å². The van der Waals surface area contributed by atoms with Gasteiger partial charge in [-0.15, -0.1) is 11.3 Å². The molecule has 0 spiro atoms.